The molecule has 8 nitrogen and oxygen atoms in total. The summed E-state index contributed by atoms with van der Waals surface area (Å²) in [6.07, 6.45) is 2.35. The van der Waals surface area contributed by atoms with Crippen LogP contribution in [0.15, 0.2) is 48.8 Å². The number of nitrogens with one attached hydrogen (secondary N) is 1. The van der Waals surface area contributed by atoms with Gasteiger partial charge in [0.05, 0.1) is 24.8 Å². The first-order chi connectivity index (χ1) is 15.5. The molecule has 0 spiro atoms. The largest absolute Gasteiger partial charge is 0.497 e. The standard InChI is InChI=1S/C24H22N4O4/c1-27-13-25-21(22(27)14-3-6-17(32-2)7-4-14)15-5-8-18-16(11-15)12-28(24(18)31)19-9-10-20(29)26-23(19)30/h3-8,11,13,19H,9-10,12H2,1-2H3,(H,26,29,30). The molecule has 2 aromatic carbocycles. The fourth-order valence-corrected chi connectivity index (χ4v) is 4.45. The molecular formula is C24H22N4O4. The van der Waals surface area contributed by atoms with Crippen LogP contribution in [0.25, 0.3) is 22.5 Å². The van der Waals surface area contributed by atoms with Crippen molar-refractivity contribution in [3.63, 3.8) is 0 Å². The molecule has 1 aromatic heterocycles. The fraction of sp³-hybridized carbons (Fsp3) is 0.250. The highest BCUT2D eigenvalue weighted by atomic mass is 16.5. The Hall–Kier alpha value is -3.94. The number of methoxy groups -OCH3 is 1. The van der Waals surface area contributed by atoms with Gasteiger partial charge < -0.3 is 14.2 Å². The zero-order valence-electron chi connectivity index (χ0n) is 17.8. The van der Waals surface area contributed by atoms with Gasteiger partial charge in [-0.25, -0.2) is 4.98 Å². The molecule has 32 heavy (non-hydrogen) atoms. The van der Waals surface area contributed by atoms with E-state index in [1.54, 1.807) is 24.4 Å². The van der Waals surface area contributed by atoms with Crippen LogP contribution < -0.4 is 10.1 Å². The Morgan fingerprint density at radius 2 is 1.81 bits per heavy atom. The molecule has 1 fully saturated rings. The predicted octanol–water partition coefficient (Wildman–Crippen LogP) is 2.52. The number of benzene rings is 2. The van der Waals surface area contributed by atoms with Crippen molar-refractivity contribution < 1.29 is 19.1 Å². The number of piperidine rings is 1. The predicted molar refractivity (Wildman–Crippen MR) is 117 cm³/mol. The number of hydrogen-bond donors (Lipinski definition) is 1. The topological polar surface area (TPSA) is 93.5 Å². The van der Waals surface area contributed by atoms with Crippen LogP contribution in [0.5, 0.6) is 5.75 Å². The Morgan fingerprint density at radius 1 is 1.06 bits per heavy atom. The number of imidazole rings is 1. The summed E-state index contributed by atoms with van der Waals surface area (Å²) in [7, 11) is 3.58. The number of ether oxygens (including phenoxy) is 1. The maximum Gasteiger partial charge on any atom is 0.255 e. The van der Waals surface area contributed by atoms with Gasteiger partial charge in [0.2, 0.25) is 11.8 Å². The third kappa shape index (κ3) is 3.24. The van der Waals surface area contributed by atoms with E-state index >= 15 is 0 Å². The monoisotopic (exact) mass is 430 g/mol. The number of aryl methyl sites for hydroxylation is 1. The minimum atomic E-state index is -0.624. The van der Waals surface area contributed by atoms with Crippen molar-refractivity contribution in [3.05, 3.63) is 59.9 Å². The van der Waals surface area contributed by atoms with E-state index < -0.39 is 11.9 Å². The second-order valence-corrected chi connectivity index (χ2v) is 8.05. The molecule has 2 aliphatic rings. The Morgan fingerprint density at radius 3 is 2.53 bits per heavy atom. The number of amides is 3. The van der Waals surface area contributed by atoms with Gasteiger partial charge in [-0.1, -0.05) is 6.07 Å². The summed E-state index contributed by atoms with van der Waals surface area (Å²) in [5, 5.41) is 2.33. The lowest BCUT2D eigenvalue weighted by molar-refractivity contribution is -0.136. The van der Waals surface area contributed by atoms with Crippen molar-refractivity contribution in [1.82, 2.24) is 19.8 Å². The van der Waals surface area contributed by atoms with Crippen LogP contribution in [0.2, 0.25) is 0 Å². The van der Waals surface area contributed by atoms with Crippen molar-refractivity contribution in [3.8, 4) is 28.3 Å². The molecule has 1 unspecified atom stereocenters. The Balaban J connectivity index is 1.47. The van der Waals surface area contributed by atoms with Crippen LogP contribution in [0, 0.1) is 0 Å². The second-order valence-electron chi connectivity index (χ2n) is 8.05. The van der Waals surface area contributed by atoms with E-state index in [0.717, 1.165) is 33.8 Å². The molecule has 5 rings (SSSR count). The third-order valence-electron chi connectivity index (χ3n) is 6.10. The summed E-state index contributed by atoms with van der Waals surface area (Å²) >= 11 is 0. The van der Waals surface area contributed by atoms with Gasteiger partial charge in [-0.3, -0.25) is 19.7 Å². The smallest absolute Gasteiger partial charge is 0.255 e. The molecule has 162 valence electrons. The summed E-state index contributed by atoms with van der Waals surface area (Å²) < 4.78 is 7.22. The zero-order chi connectivity index (χ0) is 22.4. The summed E-state index contributed by atoms with van der Waals surface area (Å²) in [5.74, 6) is -0.104. The van der Waals surface area contributed by atoms with Crippen LogP contribution in [0.1, 0.15) is 28.8 Å². The van der Waals surface area contributed by atoms with E-state index in [2.05, 4.69) is 10.3 Å². The molecule has 1 saturated heterocycles. The van der Waals surface area contributed by atoms with Crippen LogP contribution in [-0.4, -0.2) is 45.3 Å². The maximum atomic E-state index is 13.0. The lowest BCUT2D eigenvalue weighted by Gasteiger charge is -2.29. The SMILES string of the molecule is COc1ccc(-c2c(-c3ccc4c(c3)CN(C3CCC(=O)NC3=O)C4=O)ncn2C)cc1. The first-order valence-corrected chi connectivity index (χ1v) is 10.4. The van der Waals surface area contributed by atoms with Crippen LogP contribution in [-0.2, 0) is 23.2 Å². The quantitative estimate of drug-likeness (QED) is 0.642. The molecule has 3 heterocycles. The molecule has 8 heteroatoms. The van der Waals surface area contributed by atoms with Gasteiger partial charge >= 0.3 is 0 Å². The van der Waals surface area contributed by atoms with Gasteiger partial charge in [-0.15, -0.1) is 0 Å². The normalized spacial score (nSPS) is 18.0. The van der Waals surface area contributed by atoms with Gasteiger partial charge in [-0.2, -0.15) is 0 Å². The molecule has 0 aliphatic carbocycles. The Kier molecular flexibility index (Phi) is 4.77. The van der Waals surface area contributed by atoms with E-state index in [1.165, 1.54) is 0 Å². The lowest BCUT2D eigenvalue weighted by Crippen LogP contribution is -2.52. The van der Waals surface area contributed by atoms with Gasteiger partial charge in [-0.05, 0) is 48.4 Å². The summed E-state index contributed by atoms with van der Waals surface area (Å²) in [4.78, 5) is 42.9. The number of hydrogen-bond acceptors (Lipinski definition) is 5. The van der Waals surface area contributed by atoms with E-state index in [9.17, 15) is 14.4 Å². The lowest BCUT2D eigenvalue weighted by atomic mass is 10.0. The summed E-state index contributed by atoms with van der Waals surface area (Å²) in [6.45, 7) is 0.332. The minimum absolute atomic E-state index is 0.183. The Bertz CT molecular complexity index is 1250. The van der Waals surface area contributed by atoms with Crippen molar-refractivity contribution in [2.75, 3.05) is 7.11 Å². The summed E-state index contributed by atoms with van der Waals surface area (Å²) in [6, 6.07) is 12.8. The average molecular weight is 430 g/mol. The number of rotatable bonds is 4. The summed E-state index contributed by atoms with van der Waals surface area (Å²) in [5.41, 5.74) is 5.10. The van der Waals surface area contributed by atoms with Crippen LogP contribution >= 0.6 is 0 Å². The number of aromatic nitrogens is 2. The number of fused-ring (bicyclic) bond motifs is 1. The molecular weight excluding hydrogens is 408 g/mol. The third-order valence-corrected chi connectivity index (χ3v) is 6.10. The first kappa shape index (κ1) is 20.0. The molecule has 2 aliphatic heterocycles. The van der Waals surface area contributed by atoms with Crippen molar-refractivity contribution >= 4 is 17.7 Å². The molecule has 0 bridgehead atoms. The van der Waals surface area contributed by atoms with E-state index in [4.69, 9.17) is 4.74 Å². The second kappa shape index (κ2) is 7.64. The highest BCUT2D eigenvalue weighted by Crippen LogP contribution is 2.35. The van der Waals surface area contributed by atoms with Gasteiger partial charge in [0.1, 0.15) is 11.8 Å². The number of carbonyl (C=O) groups is 3. The maximum absolute atomic E-state index is 13.0. The van der Waals surface area contributed by atoms with Gasteiger partial charge in [0, 0.05) is 36.7 Å². The van der Waals surface area contributed by atoms with E-state index in [-0.39, 0.29) is 18.2 Å². The molecule has 0 radical (unpaired) electrons. The molecule has 1 atom stereocenters. The van der Waals surface area contributed by atoms with Crippen molar-refractivity contribution in [1.29, 1.82) is 0 Å². The molecule has 3 amide bonds. The molecule has 0 saturated carbocycles. The number of carbonyl (C=O) groups excluding carboxylic acids is 3. The molecule has 3 aromatic rings. The molecule has 1 N–H and O–H groups in total. The van der Waals surface area contributed by atoms with Crippen LogP contribution in [0.4, 0.5) is 0 Å². The van der Waals surface area contributed by atoms with Crippen molar-refractivity contribution in [2.24, 2.45) is 7.05 Å². The van der Waals surface area contributed by atoms with Crippen LogP contribution in [0.3, 0.4) is 0 Å². The average Bonchev–Trinajstić information content (AvgIpc) is 3.33. The van der Waals surface area contributed by atoms with Gasteiger partial charge in [0.15, 0.2) is 0 Å². The van der Waals surface area contributed by atoms with E-state index in [0.29, 0.717) is 18.5 Å². The fourth-order valence-electron chi connectivity index (χ4n) is 4.45. The number of imide groups is 1. The van der Waals surface area contributed by atoms with Gasteiger partial charge in [0.25, 0.3) is 5.91 Å². The highest BCUT2D eigenvalue weighted by Gasteiger charge is 2.39. The number of nitrogens with zero attached hydrogens (tertiary/aromatic N) is 3. The highest BCUT2D eigenvalue weighted by molar-refractivity contribution is 6.05. The minimum Gasteiger partial charge on any atom is -0.497 e. The van der Waals surface area contributed by atoms with Crippen molar-refractivity contribution in [2.45, 2.75) is 25.4 Å². The zero-order valence-corrected chi connectivity index (χ0v) is 17.8. The first-order valence-electron chi connectivity index (χ1n) is 10.4. The van der Waals surface area contributed by atoms with E-state index in [1.807, 2.05) is 48.0 Å². The Labute approximate surface area is 184 Å².